The Hall–Kier alpha value is -1.06. The van der Waals surface area contributed by atoms with Crippen LogP contribution in [0.4, 0.5) is 0 Å². The molecule has 0 spiro atoms. The van der Waals surface area contributed by atoms with Crippen LogP contribution >= 0.6 is 23.1 Å². The molecule has 0 amide bonds. The highest BCUT2D eigenvalue weighted by Crippen LogP contribution is 2.07. The fourth-order valence-electron chi connectivity index (χ4n) is 0.673. The molecule has 0 aromatic carbocycles. The Labute approximate surface area is 84.7 Å². The largest absolute Gasteiger partial charge is 0.272 e. The third-order valence-corrected chi connectivity index (χ3v) is 2.60. The van der Waals surface area contributed by atoms with E-state index >= 15 is 0 Å². The Morgan fingerprint density at radius 2 is 2.77 bits per heavy atom. The SMILES string of the molecule is CSC(=NCc1cncs1)NC#N. The number of rotatable bonds is 2. The summed E-state index contributed by atoms with van der Waals surface area (Å²) in [5, 5.41) is 11.5. The van der Waals surface area contributed by atoms with Gasteiger partial charge in [0.2, 0.25) is 0 Å². The number of amidine groups is 1. The van der Waals surface area contributed by atoms with Crippen molar-refractivity contribution in [2.45, 2.75) is 6.54 Å². The topological polar surface area (TPSA) is 61.1 Å². The van der Waals surface area contributed by atoms with Gasteiger partial charge in [-0.1, -0.05) is 11.8 Å². The van der Waals surface area contributed by atoms with Crippen molar-refractivity contribution in [3.63, 3.8) is 0 Å². The highest BCUT2D eigenvalue weighted by Gasteiger charge is 1.95. The number of thiazole rings is 1. The van der Waals surface area contributed by atoms with Gasteiger partial charge in [-0.05, 0) is 6.26 Å². The van der Waals surface area contributed by atoms with Crippen molar-refractivity contribution in [2.75, 3.05) is 6.26 Å². The first-order valence-electron chi connectivity index (χ1n) is 3.47. The van der Waals surface area contributed by atoms with Gasteiger partial charge in [-0.2, -0.15) is 5.26 Å². The Kier molecular flexibility index (Phi) is 4.29. The van der Waals surface area contributed by atoms with E-state index in [4.69, 9.17) is 5.26 Å². The van der Waals surface area contributed by atoms with Gasteiger partial charge in [0.1, 0.15) is 0 Å². The van der Waals surface area contributed by atoms with Crippen molar-refractivity contribution in [1.29, 1.82) is 5.26 Å². The van der Waals surface area contributed by atoms with Crippen molar-refractivity contribution >= 4 is 28.3 Å². The van der Waals surface area contributed by atoms with E-state index in [1.54, 1.807) is 23.0 Å². The van der Waals surface area contributed by atoms with Crippen LogP contribution < -0.4 is 5.32 Å². The molecule has 13 heavy (non-hydrogen) atoms. The van der Waals surface area contributed by atoms with Gasteiger partial charge in [0, 0.05) is 11.1 Å². The molecule has 1 heterocycles. The Bertz CT molecular complexity index is 312. The van der Waals surface area contributed by atoms with E-state index < -0.39 is 0 Å². The monoisotopic (exact) mass is 212 g/mol. The summed E-state index contributed by atoms with van der Waals surface area (Å²) in [5.41, 5.74) is 1.77. The average molecular weight is 212 g/mol. The molecule has 0 saturated carbocycles. The van der Waals surface area contributed by atoms with Crippen LogP contribution in [-0.4, -0.2) is 16.4 Å². The van der Waals surface area contributed by atoms with Crippen LogP contribution in [0.2, 0.25) is 0 Å². The van der Waals surface area contributed by atoms with Gasteiger partial charge in [0.05, 0.1) is 12.1 Å². The maximum absolute atomic E-state index is 8.36. The zero-order chi connectivity index (χ0) is 9.52. The summed E-state index contributed by atoms with van der Waals surface area (Å²) in [7, 11) is 0. The summed E-state index contributed by atoms with van der Waals surface area (Å²) in [6, 6.07) is 0. The molecular weight excluding hydrogens is 204 g/mol. The lowest BCUT2D eigenvalue weighted by Gasteiger charge is -1.97. The van der Waals surface area contributed by atoms with E-state index in [0.717, 1.165) is 4.88 Å². The van der Waals surface area contributed by atoms with Gasteiger partial charge in [0.25, 0.3) is 0 Å². The average Bonchev–Trinajstić information content (AvgIpc) is 2.64. The summed E-state index contributed by atoms with van der Waals surface area (Å²) in [6.45, 7) is 0.579. The third-order valence-electron chi connectivity index (χ3n) is 1.22. The predicted molar refractivity (Wildman–Crippen MR) is 55.5 cm³/mol. The van der Waals surface area contributed by atoms with Crippen LogP contribution in [0.3, 0.4) is 0 Å². The van der Waals surface area contributed by atoms with Gasteiger partial charge < -0.3 is 0 Å². The minimum Gasteiger partial charge on any atom is -0.272 e. The second-order valence-electron chi connectivity index (χ2n) is 2.03. The Morgan fingerprint density at radius 3 is 3.31 bits per heavy atom. The molecule has 1 rings (SSSR count). The molecule has 4 nitrogen and oxygen atoms in total. The molecule has 0 saturated heterocycles. The molecule has 68 valence electrons. The smallest absolute Gasteiger partial charge is 0.183 e. The van der Waals surface area contributed by atoms with Crippen LogP contribution in [0.25, 0.3) is 0 Å². The fraction of sp³-hybridized carbons (Fsp3) is 0.286. The molecular formula is C7H8N4S2. The maximum atomic E-state index is 8.36. The van der Waals surface area contributed by atoms with Gasteiger partial charge in [-0.25, -0.2) is 0 Å². The number of hydrogen-bond acceptors (Lipinski definition) is 5. The highest BCUT2D eigenvalue weighted by molar-refractivity contribution is 8.13. The lowest BCUT2D eigenvalue weighted by molar-refractivity contribution is 1.08. The normalized spacial score (nSPS) is 10.9. The molecule has 1 aromatic heterocycles. The summed E-state index contributed by atoms with van der Waals surface area (Å²) in [5.74, 6) is 0. The van der Waals surface area contributed by atoms with Crippen molar-refractivity contribution < 1.29 is 0 Å². The molecule has 0 aliphatic heterocycles. The van der Waals surface area contributed by atoms with Crippen molar-refractivity contribution in [1.82, 2.24) is 10.3 Å². The third kappa shape index (κ3) is 3.44. The minimum absolute atomic E-state index is 0.579. The lowest BCUT2D eigenvalue weighted by Crippen LogP contribution is -2.13. The highest BCUT2D eigenvalue weighted by atomic mass is 32.2. The second kappa shape index (κ2) is 5.56. The van der Waals surface area contributed by atoms with Crippen molar-refractivity contribution in [3.8, 4) is 6.19 Å². The zero-order valence-electron chi connectivity index (χ0n) is 7.02. The Balaban J connectivity index is 2.51. The molecule has 6 heteroatoms. The standard InChI is InChI=1S/C7H8N4S2/c1-12-7(11-4-8)10-3-6-2-9-5-13-6/h2,5H,3H2,1H3,(H,10,11). The van der Waals surface area contributed by atoms with E-state index in [1.807, 2.05) is 12.4 Å². The van der Waals surface area contributed by atoms with Crippen molar-refractivity contribution in [3.05, 3.63) is 16.6 Å². The van der Waals surface area contributed by atoms with Crippen LogP contribution in [-0.2, 0) is 6.54 Å². The van der Waals surface area contributed by atoms with Crippen LogP contribution in [0.5, 0.6) is 0 Å². The molecule has 0 radical (unpaired) electrons. The second-order valence-corrected chi connectivity index (χ2v) is 3.80. The van der Waals surface area contributed by atoms with Gasteiger partial charge >= 0.3 is 0 Å². The zero-order valence-corrected chi connectivity index (χ0v) is 8.65. The molecule has 0 aliphatic rings. The molecule has 0 atom stereocenters. The summed E-state index contributed by atoms with van der Waals surface area (Å²) < 4.78 is 0. The molecule has 0 bridgehead atoms. The van der Waals surface area contributed by atoms with E-state index in [0.29, 0.717) is 11.7 Å². The quantitative estimate of drug-likeness (QED) is 0.349. The molecule has 0 unspecified atom stereocenters. The molecule has 1 aromatic rings. The maximum Gasteiger partial charge on any atom is 0.183 e. The van der Waals surface area contributed by atoms with Gasteiger partial charge in [-0.3, -0.25) is 15.3 Å². The first-order chi connectivity index (χ1) is 6.36. The molecule has 1 N–H and O–H groups in total. The fourth-order valence-corrected chi connectivity index (χ4v) is 1.53. The number of thioether (sulfide) groups is 1. The van der Waals surface area contributed by atoms with E-state index in [-0.39, 0.29) is 0 Å². The summed E-state index contributed by atoms with van der Waals surface area (Å²) in [6.07, 6.45) is 5.48. The number of aliphatic imine (C=N–C) groups is 1. The minimum atomic E-state index is 0.579. The molecule has 0 aliphatic carbocycles. The number of nitrogens with zero attached hydrogens (tertiary/aromatic N) is 3. The molecule has 0 fully saturated rings. The number of aromatic nitrogens is 1. The van der Waals surface area contributed by atoms with E-state index in [9.17, 15) is 0 Å². The lowest BCUT2D eigenvalue weighted by atomic mass is 10.6. The van der Waals surface area contributed by atoms with Crippen molar-refractivity contribution in [2.24, 2.45) is 4.99 Å². The first kappa shape index (κ1) is 10.0. The number of hydrogen-bond donors (Lipinski definition) is 1. The van der Waals surface area contributed by atoms with E-state index in [2.05, 4.69) is 15.3 Å². The Morgan fingerprint density at radius 1 is 1.92 bits per heavy atom. The van der Waals surface area contributed by atoms with Crippen LogP contribution in [0, 0.1) is 11.5 Å². The number of nitrogens with one attached hydrogen (secondary N) is 1. The summed E-state index contributed by atoms with van der Waals surface area (Å²) in [4.78, 5) is 9.21. The van der Waals surface area contributed by atoms with Crippen LogP contribution in [0.15, 0.2) is 16.7 Å². The first-order valence-corrected chi connectivity index (χ1v) is 5.58. The van der Waals surface area contributed by atoms with Gasteiger partial charge in [0.15, 0.2) is 11.4 Å². The van der Waals surface area contributed by atoms with Crippen LogP contribution in [0.1, 0.15) is 4.88 Å². The van der Waals surface area contributed by atoms with E-state index in [1.165, 1.54) is 11.8 Å². The summed E-state index contributed by atoms with van der Waals surface area (Å²) >= 11 is 2.97. The number of nitriles is 1. The van der Waals surface area contributed by atoms with Gasteiger partial charge in [-0.15, -0.1) is 11.3 Å². The predicted octanol–water partition coefficient (Wildman–Crippen LogP) is 1.43.